The Morgan fingerprint density at radius 2 is 1.84 bits per heavy atom. The molecule has 0 radical (unpaired) electrons. The van der Waals surface area contributed by atoms with Crippen LogP contribution in [0.5, 0.6) is 5.75 Å². The van der Waals surface area contributed by atoms with Gasteiger partial charge in [-0.2, -0.15) is 0 Å². The van der Waals surface area contributed by atoms with Crippen LogP contribution in [-0.2, 0) is 4.79 Å². The maximum Gasteiger partial charge on any atom is 0.254 e. The van der Waals surface area contributed by atoms with Gasteiger partial charge in [0.15, 0.2) is 0 Å². The van der Waals surface area contributed by atoms with Crippen molar-refractivity contribution in [1.29, 1.82) is 0 Å². The van der Waals surface area contributed by atoms with Crippen molar-refractivity contribution in [3.8, 4) is 18.1 Å². The standard InChI is InChI=1S/C19H17ClN2O3/c1-2-12-21-19(24)16-5-3-4-6-17(16)22-18(23)11-13-25-15-9-7-14(20)8-10-15/h1,3-10H,11-13H2,(H,21,24)(H,22,23). The molecule has 2 N–H and O–H groups in total. The van der Waals surface area contributed by atoms with Gasteiger partial charge >= 0.3 is 0 Å². The monoisotopic (exact) mass is 356 g/mol. The van der Waals surface area contributed by atoms with Gasteiger partial charge in [0.1, 0.15) is 5.75 Å². The van der Waals surface area contributed by atoms with Crippen molar-refractivity contribution < 1.29 is 14.3 Å². The van der Waals surface area contributed by atoms with Gasteiger partial charge in [0.05, 0.1) is 30.8 Å². The Kier molecular flexibility index (Phi) is 6.87. The van der Waals surface area contributed by atoms with Crippen LogP contribution in [0.25, 0.3) is 0 Å². The maximum atomic E-state index is 12.1. The quantitative estimate of drug-likeness (QED) is 0.749. The lowest BCUT2D eigenvalue weighted by Crippen LogP contribution is -2.25. The van der Waals surface area contributed by atoms with Gasteiger partial charge in [-0.25, -0.2) is 0 Å². The first-order valence-electron chi connectivity index (χ1n) is 7.59. The van der Waals surface area contributed by atoms with Crippen molar-refractivity contribution in [3.05, 3.63) is 59.1 Å². The zero-order chi connectivity index (χ0) is 18.1. The molecular formula is C19H17ClN2O3. The Hall–Kier alpha value is -2.97. The van der Waals surface area contributed by atoms with E-state index in [1.807, 2.05) is 0 Å². The summed E-state index contributed by atoms with van der Waals surface area (Å²) in [6.07, 6.45) is 5.27. The highest BCUT2D eigenvalue weighted by Crippen LogP contribution is 2.17. The molecule has 0 aliphatic carbocycles. The van der Waals surface area contributed by atoms with E-state index >= 15 is 0 Å². The van der Waals surface area contributed by atoms with E-state index in [0.717, 1.165) is 0 Å². The summed E-state index contributed by atoms with van der Waals surface area (Å²) in [5, 5.41) is 5.90. The van der Waals surface area contributed by atoms with Crippen molar-refractivity contribution in [1.82, 2.24) is 5.32 Å². The van der Waals surface area contributed by atoms with E-state index in [1.54, 1.807) is 48.5 Å². The molecule has 0 spiro atoms. The van der Waals surface area contributed by atoms with Gasteiger partial charge in [-0.1, -0.05) is 29.7 Å². The van der Waals surface area contributed by atoms with Crippen LogP contribution in [0.2, 0.25) is 5.02 Å². The fourth-order valence-electron chi connectivity index (χ4n) is 2.02. The number of ether oxygens (including phenoxy) is 1. The van der Waals surface area contributed by atoms with Gasteiger partial charge in [-0.05, 0) is 36.4 Å². The minimum absolute atomic E-state index is 0.121. The molecule has 128 valence electrons. The summed E-state index contributed by atoms with van der Waals surface area (Å²) in [7, 11) is 0. The summed E-state index contributed by atoms with van der Waals surface area (Å²) in [6.45, 7) is 0.328. The first-order valence-corrected chi connectivity index (χ1v) is 7.97. The van der Waals surface area contributed by atoms with Crippen molar-refractivity contribution >= 4 is 29.1 Å². The lowest BCUT2D eigenvalue weighted by atomic mass is 10.1. The van der Waals surface area contributed by atoms with E-state index in [1.165, 1.54) is 0 Å². The second kappa shape index (κ2) is 9.36. The number of hydrogen-bond acceptors (Lipinski definition) is 3. The van der Waals surface area contributed by atoms with Crippen LogP contribution < -0.4 is 15.4 Å². The van der Waals surface area contributed by atoms with E-state index in [-0.39, 0.29) is 31.4 Å². The zero-order valence-corrected chi connectivity index (χ0v) is 14.2. The lowest BCUT2D eigenvalue weighted by Gasteiger charge is -2.11. The fourth-order valence-corrected chi connectivity index (χ4v) is 2.15. The third kappa shape index (κ3) is 5.87. The highest BCUT2D eigenvalue weighted by atomic mass is 35.5. The molecule has 0 saturated carbocycles. The molecule has 25 heavy (non-hydrogen) atoms. The number of benzene rings is 2. The predicted octanol–water partition coefficient (Wildman–Crippen LogP) is 3.11. The Morgan fingerprint density at radius 3 is 2.56 bits per heavy atom. The summed E-state index contributed by atoms with van der Waals surface area (Å²) < 4.78 is 5.48. The Bertz CT molecular complexity index is 782. The third-order valence-electron chi connectivity index (χ3n) is 3.21. The van der Waals surface area contributed by atoms with Gasteiger partial charge in [-0.3, -0.25) is 9.59 Å². The maximum absolute atomic E-state index is 12.1. The topological polar surface area (TPSA) is 67.4 Å². The van der Waals surface area contributed by atoms with E-state index < -0.39 is 0 Å². The molecule has 6 heteroatoms. The van der Waals surface area contributed by atoms with Crippen LogP contribution in [0.1, 0.15) is 16.8 Å². The van der Waals surface area contributed by atoms with Crippen LogP contribution in [0.4, 0.5) is 5.69 Å². The minimum Gasteiger partial charge on any atom is -0.493 e. The second-order valence-corrected chi connectivity index (χ2v) is 5.47. The first-order chi connectivity index (χ1) is 12.1. The SMILES string of the molecule is C#CCNC(=O)c1ccccc1NC(=O)CCOc1ccc(Cl)cc1. The number of carbonyl (C=O) groups is 2. The molecule has 0 fully saturated rings. The summed E-state index contributed by atoms with van der Waals surface area (Å²) in [5.41, 5.74) is 0.776. The normalized spacial score (nSPS) is 9.76. The van der Waals surface area contributed by atoms with Crippen LogP contribution >= 0.6 is 11.6 Å². The molecule has 5 nitrogen and oxygen atoms in total. The number of rotatable bonds is 7. The molecule has 2 aromatic rings. The fraction of sp³-hybridized carbons (Fsp3) is 0.158. The van der Waals surface area contributed by atoms with Crippen LogP contribution in [0.3, 0.4) is 0 Å². The molecule has 0 aliphatic heterocycles. The highest BCUT2D eigenvalue weighted by Gasteiger charge is 2.12. The van der Waals surface area contributed by atoms with Gasteiger partial charge in [0, 0.05) is 5.02 Å². The lowest BCUT2D eigenvalue weighted by molar-refractivity contribution is -0.116. The van der Waals surface area contributed by atoms with E-state index in [2.05, 4.69) is 16.6 Å². The summed E-state index contributed by atoms with van der Waals surface area (Å²) in [6, 6.07) is 13.6. The largest absolute Gasteiger partial charge is 0.493 e. The van der Waals surface area contributed by atoms with Gasteiger partial charge in [0.25, 0.3) is 5.91 Å². The molecule has 0 aromatic heterocycles. The average molecular weight is 357 g/mol. The number of anilines is 1. The molecule has 2 rings (SSSR count). The number of terminal acetylenes is 1. The van der Waals surface area contributed by atoms with Crippen molar-refractivity contribution in [2.45, 2.75) is 6.42 Å². The van der Waals surface area contributed by atoms with Crippen LogP contribution in [-0.4, -0.2) is 25.0 Å². The number of para-hydroxylation sites is 1. The van der Waals surface area contributed by atoms with E-state index in [4.69, 9.17) is 22.8 Å². The first kappa shape index (κ1) is 18.4. The number of carbonyl (C=O) groups excluding carboxylic acids is 2. The molecule has 0 unspecified atom stereocenters. The van der Waals surface area contributed by atoms with Crippen LogP contribution in [0.15, 0.2) is 48.5 Å². The zero-order valence-electron chi connectivity index (χ0n) is 13.4. The number of nitrogens with one attached hydrogen (secondary N) is 2. The smallest absolute Gasteiger partial charge is 0.254 e. The summed E-state index contributed by atoms with van der Waals surface area (Å²) >= 11 is 5.80. The average Bonchev–Trinajstić information content (AvgIpc) is 2.62. The van der Waals surface area contributed by atoms with Gasteiger partial charge in [0.2, 0.25) is 5.91 Å². The molecule has 2 amide bonds. The summed E-state index contributed by atoms with van der Waals surface area (Å²) in [4.78, 5) is 24.1. The Morgan fingerprint density at radius 1 is 1.12 bits per heavy atom. The molecule has 0 bridgehead atoms. The van der Waals surface area contributed by atoms with Crippen molar-refractivity contribution in [3.63, 3.8) is 0 Å². The number of amides is 2. The predicted molar refractivity (Wildman–Crippen MR) is 97.8 cm³/mol. The third-order valence-corrected chi connectivity index (χ3v) is 3.46. The second-order valence-electron chi connectivity index (χ2n) is 5.03. The number of halogens is 1. The molecule has 0 saturated heterocycles. The van der Waals surface area contributed by atoms with Gasteiger partial charge < -0.3 is 15.4 Å². The van der Waals surface area contributed by atoms with Crippen LogP contribution in [0, 0.1) is 12.3 Å². The molecule has 0 aliphatic rings. The van der Waals surface area contributed by atoms with E-state index in [9.17, 15) is 9.59 Å². The Balaban J connectivity index is 1.89. The molecule has 0 atom stereocenters. The molecule has 2 aromatic carbocycles. The minimum atomic E-state index is -0.341. The van der Waals surface area contributed by atoms with Crippen molar-refractivity contribution in [2.24, 2.45) is 0 Å². The number of hydrogen-bond donors (Lipinski definition) is 2. The van der Waals surface area contributed by atoms with E-state index in [0.29, 0.717) is 22.0 Å². The van der Waals surface area contributed by atoms with Crippen molar-refractivity contribution in [2.75, 3.05) is 18.5 Å². The summed E-state index contributed by atoms with van der Waals surface area (Å²) in [5.74, 6) is 2.36. The Labute approximate surface area is 151 Å². The highest BCUT2D eigenvalue weighted by molar-refractivity contribution is 6.30. The molecular weight excluding hydrogens is 340 g/mol. The molecule has 0 heterocycles. The van der Waals surface area contributed by atoms with Gasteiger partial charge in [-0.15, -0.1) is 6.42 Å².